The highest BCUT2D eigenvalue weighted by molar-refractivity contribution is 5.84. The van der Waals surface area contributed by atoms with Crippen molar-refractivity contribution in [3.63, 3.8) is 0 Å². The zero-order valence-corrected chi connectivity index (χ0v) is 19.7. The molecule has 6 heteroatoms. The van der Waals surface area contributed by atoms with Crippen LogP contribution in [0.15, 0.2) is 11.6 Å². The minimum Gasteiger partial charge on any atom is -0.462 e. The highest BCUT2D eigenvalue weighted by Gasteiger charge is 2.63. The van der Waals surface area contributed by atoms with E-state index in [1.165, 1.54) is 12.5 Å². The topological polar surface area (TPSA) is 110 Å². The lowest BCUT2D eigenvalue weighted by atomic mass is 9.47. The van der Waals surface area contributed by atoms with Crippen molar-refractivity contribution in [2.24, 2.45) is 52.1 Å². The van der Waals surface area contributed by atoms with Crippen LogP contribution in [-0.4, -0.2) is 23.8 Å². The van der Waals surface area contributed by atoms with Gasteiger partial charge in [0.25, 0.3) is 0 Å². The van der Waals surface area contributed by atoms with Crippen LogP contribution in [0.4, 0.5) is 0 Å². The molecular formula is C26H36N2O4. The molecule has 0 aliphatic heterocycles. The van der Waals surface area contributed by atoms with Crippen molar-refractivity contribution in [2.75, 3.05) is 0 Å². The van der Waals surface area contributed by atoms with E-state index < -0.39 is 11.8 Å². The highest BCUT2D eigenvalue weighted by atomic mass is 16.5. The van der Waals surface area contributed by atoms with Crippen LogP contribution in [0.5, 0.6) is 0 Å². The largest absolute Gasteiger partial charge is 0.462 e. The summed E-state index contributed by atoms with van der Waals surface area (Å²) in [6, 6.07) is 2.12. The number of amides is 1. The molecular weight excluding hydrogens is 404 g/mol. The highest BCUT2D eigenvalue weighted by Crippen LogP contribution is 2.68. The van der Waals surface area contributed by atoms with Crippen LogP contribution in [0.2, 0.25) is 0 Å². The van der Waals surface area contributed by atoms with Gasteiger partial charge < -0.3 is 10.5 Å². The number of Topliss-reactive ketones (excluding diaryl/α,β-unsaturated/α-hetero) is 1. The molecule has 0 heterocycles. The molecule has 4 rings (SSSR count). The number of ether oxygens (including phenoxy) is 1. The second kappa shape index (κ2) is 8.01. The van der Waals surface area contributed by atoms with Gasteiger partial charge in [-0.2, -0.15) is 5.26 Å². The molecule has 0 spiro atoms. The first kappa shape index (κ1) is 23.0. The van der Waals surface area contributed by atoms with Crippen molar-refractivity contribution in [2.45, 2.75) is 78.7 Å². The summed E-state index contributed by atoms with van der Waals surface area (Å²) in [5.41, 5.74) is 6.90. The molecule has 0 aromatic heterocycles. The molecule has 3 fully saturated rings. The predicted molar refractivity (Wildman–Crippen MR) is 119 cm³/mol. The van der Waals surface area contributed by atoms with Crippen molar-refractivity contribution in [3.05, 3.63) is 11.6 Å². The van der Waals surface area contributed by atoms with Gasteiger partial charge in [0, 0.05) is 19.3 Å². The summed E-state index contributed by atoms with van der Waals surface area (Å²) in [4.78, 5) is 36.3. The SMILES string of the molecule is CC(=O)O[C@H]1CC[C@@]2(C)C(=CC[C@@H]3[C@H]4C[C@@H]([C@H](C#N)C(N)=O)[C@@H](C(C)=O)[C@@]4(C)CC[C@H]32)C1. The summed E-state index contributed by atoms with van der Waals surface area (Å²) in [5.74, 6) is -0.971. The Morgan fingerprint density at radius 2 is 1.91 bits per heavy atom. The summed E-state index contributed by atoms with van der Waals surface area (Å²) in [6.07, 6.45) is 8.71. The van der Waals surface area contributed by atoms with Crippen molar-refractivity contribution in [1.82, 2.24) is 0 Å². The molecule has 4 aliphatic carbocycles. The van der Waals surface area contributed by atoms with Crippen LogP contribution in [0.1, 0.15) is 72.6 Å². The molecule has 0 bridgehead atoms. The first-order valence-corrected chi connectivity index (χ1v) is 12.1. The van der Waals surface area contributed by atoms with Gasteiger partial charge in [-0.1, -0.05) is 25.5 Å². The minimum absolute atomic E-state index is 0.0258. The van der Waals surface area contributed by atoms with Crippen LogP contribution in [0.3, 0.4) is 0 Å². The fourth-order valence-electron chi connectivity index (χ4n) is 8.52. The number of ketones is 1. The molecule has 0 saturated heterocycles. The standard InChI is InChI=1S/C26H36N2O4/c1-14(29)23-19(20(13-27)24(28)31)12-22-18-6-5-16-11-17(32-15(2)30)7-9-25(16,3)21(18)8-10-26(22,23)4/h5,17-23H,6-12H2,1-4H3,(H2,28,31)/t17-,18-,19-,20-,21+,22+,23+,25-,26-/m0/s1. The van der Waals surface area contributed by atoms with Gasteiger partial charge in [0.05, 0.1) is 6.07 Å². The lowest BCUT2D eigenvalue weighted by Gasteiger charge is -2.58. The van der Waals surface area contributed by atoms with E-state index in [1.54, 1.807) is 6.92 Å². The van der Waals surface area contributed by atoms with Gasteiger partial charge in [-0.15, -0.1) is 0 Å². The average Bonchev–Trinajstić information content (AvgIpc) is 3.01. The lowest BCUT2D eigenvalue weighted by Crippen LogP contribution is -2.51. The van der Waals surface area contributed by atoms with Gasteiger partial charge in [0.1, 0.15) is 17.8 Å². The smallest absolute Gasteiger partial charge is 0.302 e. The first-order valence-electron chi connectivity index (χ1n) is 12.1. The van der Waals surface area contributed by atoms with E-state index in [4.69, 9.17) is 10.5 Å². The second-order valence-corrected chi connectivity index (χ2v) is 11.3. The monoisotopic (exact) mass is 440 g/mol. The summed E-state index contributed by atoms with van der Waals surface area (Å²) in [6.45, 7) is 7.68. The Bertz CT molecular complexity index is 904. The van der Waals surface area contributed by atoms with E-state index in [-0.39, 0.29) is 40.5 Å². The lowest BCUT2D eigenvalue weighted by molar-refractivity contribution is -0.149. The number of nitriles is 1. The molecule has 6 nitrogen and oxygen atoms in total. The number of primary amides is 1. The fourth-order valence-corrected chi connectivity index (χ4v) is 8.52. The molecule has 3 saturated carbocycles. The van der Waals surface area contributed by atoms with Crippen LogP contribution in [0.25, 0.3) is 0 Å². The van der Waals surface area contributed by atoms with Crippen molar-refractivity contribution in [3.8, 4) is 6.07 Å². The Balaban J connectivity index is 1.65. The summed E-state index contributed by atoms with van der Waals surface area (Å²) < 4.78 is 5.53. The minimum atomic E-state index is -0.908. The van der Waals surface area contributed by atoms with E-state index in [0.717, 1.165) is 44.9 Å². The van der Waals surface area contributed by atoms with Crippen LogP contribution >= 0.6 is 0 Å². The van der Waals surface area contributed by atoms with Crippen molar-refractivity contribution in [1.29, 1.82) is 5.26 Å². The normalized spacial score (nSPS) is 43.5. The van der Waals surface area contributed by atoms with Crippen molar-refractivity contribution < 1.29 is 19.1 Å². The summed E-state index contributed by atoms with van der Waals surface area (Å²) >= 11 is 0. The van der Waals surface area contributed by atoms with E-state index in [1.807, 2.05) is 0 Å². The van der Waals surface area contributed by atoms with E-state index in [9.17, 15) is 19.6 Å². The van der Waals surface area contributed by atoms with Crippen molar-refractivity contribution >= 4 is 17.7 Å². The molecule has 9 atom stereocenters. The third-order valence-electron chi connectivity index (χ3n) is 9.81. The zero-order valence-electron chi connectivity index (χ0n) is 19.7. The molecule has 0 aromatic carbocycles. The third kappa shape index (κ3) is 3.40. The maximum atomic E-state index is 12.8. The molecule has 0 radical (unpaired) electrons. The second-order valence-electron chi connectivity index (χ2n) is 11.3. The Hall–Kier alpha value is -2.16. The van der Waals surface area contributed by atoms with Gasteiger partial charge in [-0.3, -0.25) is 14.4 Å². The van der Waals surface area contributed by atoms with E-state index in [2.05, 4.69) is 26.0 Å². The Morgan fingerprint density at radius 3 is 2.50 bits per heavy atom. The Kier molecular flexibility index (Phi) is 5.76. The maximum absolute atomic E-state index is 12.8. The number of nitrogens with two attached hydrogens (primary N) is 1. The molecule has 2 N–H and O–H groups in total. The third-order valence-corrected chi connectivity index (χ3v) is 9.81. The summed E-state index contributed by atoms with van der Waals surface area (Å²) in [5, 5.41) is 9.68. The number of nitrogens with zero attached hydrogens (tertiary/aromatic N) is 1. The number of carbonyl (C=O) groups excluding carboxylic acids is 3. The molecule has 0 unspecified atom stereocenters. The Morgan fingerprint density at radius 1 is 1.19 bits per heavy atom. The number of allylic oxidation sites excluding steroid dienone is 1. The number of esters is 1. The van der Waals surface area contributed by atoms with Gasteiger partial charge in [0.15, 0.2) is 0 Å². The van der Waals surface area contributed by atoms with Gasteiger partial charge >= 0.3 is 5.97 Å². The molecule has 4 aliphatic rings. The Labute approximate surface area is 190 Å². The quantitative estimate of drug-likeness (QED) is 0.526. The van der Waals surface area contributed by atoms with Crippen LogP contribution in [-0.2, 0) is 19.1 Å². The van der Waals surface area contributed by atoms with Gasteiger partial charge in [-0.05, 0) is 80.0 Å². The van der Waals surface area contributed by atoms with E-state index in [0.29, 0.717) is 17.8 Å². The number of hydrogen-bond donors (Lipinski definition) is 1. The molecule has 0 aromatic rings. The fraction of sp³-hybridized carbons (Fsp3) is 0.769. The predicted octanol–water partition coefficient (Wildman–Crippen LogP) is 3.94. The van der Waals surface area contributed by atoms with Crippen LogP contribution < -0.4 is 5.73 Å². The maximum Gasteiger partial charge on any atom is 0.302 e. The number of carbonyl (C=O) groups is 3. The molecule has 32 heavy (non-hydrogen) atoms. The van der Waals surface area contributed by atoms with Gasteiger partial charge in [0.2, 0.25) is 5.91 Å². The summed E-state index contributed by atoms with van der Waals surface area (Å²) in [7, 11) is 0. The average molecular weight is 441 g/mol. The number of hydrogen-bond acceptors (Lipinski definition) is 5. The van der Waals surface area contributed by atoms with Crippen LogP contribution in [0, 0.1) is 57.7 Å². The molecule has 174 valence electrons. The number of fused-ring (bicyclic) bond motifs is 5. The molecule has 1 amide bonds. The van der Waals surface area contributed by atoms with E-state index >= 15 is 0 Å². The first-order chi connectivity index (χ1) is 15.0. The zero-order chi connectivity index (χ0) is 23.4. The van der Waals surface area contributed by atoms with Gasteiger partial charge in [-0.25, -0.2) is 0 Å². The number of rotatable bonds is 4.